The third-order valence-corrected chi connectivity index (χ3v) is 5.01. The van der Waals surface area contributed by atoms with Gasteiger partial charge in [0.1, 0.15) is 5.82 Å². The van der Waals surface area contributed by atoms with Crippen LogP contribution < -0.4 is 15.5 Å². The molecule has 1 saturated heterocycles. The Labute approximate surface area is 162 Å². The van der Waals surface area contributed by atoms with Crippen LogP contribution in [0.2, 0.25) is 5.02 Å². The maximum atomic E-state index is 13.2. The maximum absolute atomic E-state index is 13.2. The molecule has 142 valence electrons. The molecule has 1 aliphatic rings. The summed E-state index contributed by atoms with van der Waals surface area (Å²) in [5, 5.41) is 5.65. The van der Waals surface area contributed by atoms with Crippen LogP contribution in [0.4, 0.5) is 15.8 Å². The zero-order valence-corrected chi connectivity index (χ0v) is 15.6. The molecule has 0 unspecified atom stereocenters. The van der Waals surface area contributed by atoms with Crippen LogP contribution in [0.5, 0.6) is 0 Å². The Balaban J connectivity index is 1.44. The first-order chi connectivity index (χ1) is 13.0. The van der Waals surface area contributed by atoms with Crippen molar-refractivity contribution in [2.24, 2.45) is 5.92 Å². The second kappa shape index (κ2) is 8.97. The molecule has 2 aromatic carbocycles. The van der Waals surface area contributed by atoms with E-state index in [1.165, 1.54) is 18.2 Å². The Morgan fingerprint density at radius 2 is 1.74 bits per heavy atom. The van der Waals surface area contributed by atoms with Crippen LogP contribution >= 0.6 is 11.6 Å². The van der Waals surface area contributed by atoms with Gasteiger partial charge in [0, 0.05) is 30.1 Å². The Bertz CT molecular complexity index is 808. The molecule has 5 nitrogen and oxygen atoms in total. The molecule has 0 aromatic heterocycles. The van der Waals surface area contributed by atoms with Gasteiger partial charge in [0.15, 0.2) is 6.54 Å². The van der Waals surface area contributed by atoms with Crippen molar-refractivity contribution in [1.82, 2.24) is 0 Å². The highest BCUT2D eigenvalue weighted by Crippen LogP contribution is 2.19. The lowest BCUT2D eigenvalue weighted by Gasteiger charge is -2.28. The van der Waals surface area contributed by atoms with Gasteiger partial charge in [0.2, 0.25) is 5.91 Å². The first kappa shape index (κ1) is 19.3. The average Bonchev–Trinajstić information content (AvgIpc) is 2.66. The third kappa shape index (κ3) is 5.52. The van der Waals surface area contributed by atoms with Crippen LogP contribution in [0.3, 0.4) is 0 Å². The number of hydrogen-bond donors (Lipinski definition) is 3. The number of nitrogens with one attached hydrogen (secondary N) is 3. The van der Waals surface area contributed by atoms with Crippen LogP contribution in [0, 0.1) is 11.7 Å². The fraction of sp³-hybridized carbons (Fsp3) is 0.300. The summed E-state index contributed by atoms with van der Waals surface area (Å²) in [7, 11) is 0. The quantitative estimate of drug-likeness (QED) is 0.734. The number of likely N-dealkylation sites (tertiary alicyclic amines) is 1. The molecule has 0 saturated carbocycles. The molecule has 1 heterocycles. The van der Waals surface area contributed by atoms with Crippen LogP contribution in [0.15, 0.2) is 48.5 Å². The van der Waals surface area contributed by atoms with E-state index in [2.05, 4.69) is 10.6 Å². The lowest BCUT2D eigenvalue weighted by atomic mass is 9.96. The molecular formula is C20H22ClFN3O2+. The molecule has 7 heteroatoms. The van der Waals surface area contributed by atoms with Gasteiger partial charge in [-0.25, -0.2) is 4.39 Å². The summed E-state index contributed by atoms with van der Waals surface area (Å²) in [4.78, 5) is 25.7. The average molecular weight is 391 g/mol. The van der Waals surface area contributed by atoms with Crippen molar-refractivity contribution in [3.63, 3.8) is 0 Å². The van der Waals surface area contributed by atoms with Crippen molar-refractivity contribution in [1.29, 1.82) is 0 Å². The van der Waals surface area contributed by atoms with E-state index in [9.17, 15) is 14.0 Å². The summed E-state index contributed by atoms with van der Waals surface area (Å²) in [6.45, 7) is 1.82. The van der Waals surface area contributed by atoms with Gasteiger partial charge in [-0.05, 0) is 30.3 Å². The number of amides is 2. The molecule has 2 aromatic rings. The second-order valence-electron chi connectivity index (χ2n) is 6.73. The van der Waals surface area contributed by atoms with Gasteiger partial charge in [-0.2, -0.15) is 0 Å². The first-order valence-corrected chi connectivity index (χ1v) is 9.33. The van der Waals surface area contributed by atoms with Crippen molar-refractivity contribution in [3.05, 3.63) is 59.4 Å². The van der Waals surface area contributed by atoms with E-state index in [4.69, 9.17) is 11.6 Å². The van der Waals surface area contributed by atoms with E-state index in [1.807, 2.05) is 30.3 Å². The Kier molecular flexibility index (Phi) is 6.42. The van der Waals surface area contributed by atoms with Crippen LogP contribution in [-0.2, 0) is 9.59 Å². The van der Waals surface area contributed by atoms with Crippen molar-refractivity contribution in [2.75, 3.05) is 30.3 Å². The second-order valence-corrected chi connectivity index (χ2v) is 7.14. The highest BCUT2D eigenvalue weighted by atomic mass is 35.5. The van der Waals surface area contributed by atoms with Gasteiger partial charge >= 0.3 is 0 Å². The van der Waals surface area contributed by atoms with Gasteiger partial charge in [0.25, 0.3) is 5.91 Å². The van der Waals surface area contributed by atoms with E-state index >= 15 is 0 Å². The lowest BCUT2D eigenvalue weighted by Crippen LogP contribution is -3.14. The molecule has 0 aliphatic carbocycles. The predicted molar refractivity (Wildman–Crippen MR) is 103 cm³/mol. The highest BCUT2D eigenvalue weighted by Gasteiger charge is 2.28. The number of piperidine rings is 1. The normalized spacial score (nSPS) is 19.3. The number of benzene rings is 2. The molecular weight excluding hydrogens is 369 g/mol. The van der Waals surface area contributed by atoms with Gasteiger partial charge in [-0.15, -0.1) is 0 Å². The predicted octanol–water partition coefficient (Wildman–Crippen LogP) is 2.35. The number of para-hydroxylation sites is 1. The Hall–Kier alpha value is -2.44. The number of carbonyl (C=O) groups excluding carboxylic acids is 2. The van der Waals surface area contributed by atoms with Gasteiger partial charge in [-0.3, -0.25) is 9.59 Å². The van der Waals surface area contributed by atoms with Crippen LogP contribution in [-0.4, -0.2) is 31.4 Å². The number of carbonyl (C=O) groups is 2. The zero-order valence-electron chi connectivity index (χ0n) is 14.8. The number of rotatable bonds is 5. The van der Waals surface area contributed by atoms with Gasteiger partial charge in [0.05, 0.1) is 18.1 Å². The van der Waals surface area contributed by atoms with Crippen molar-refractivity contribution in [3.8, 4) is 0 Å². The molecule has 0 spiro atoms. The minimum atomic E-state index is -0.517. The summed E-state index contributed by atoms with van der Waals surface area (Å²) in [6, 6.07) is 13.5. The van der Waals surface area contributed by atoms with E-state index in [0.717, 1.165) is 36.5 Å². The molecule has 1 fully saturated rings. The van der Waals surface area contributed by atoms with Crippen molar-refractivity contribution < 1.29 is 18.9 Å². The summed E-state index contributed by atoms with van der Waals surface area (Å²) < 4.78 is 13.2. The number of anilines is 2. The molecule has 27 heavy (non-hydrogen) atoms. The molecule has 1 aliphatic heterocycles. The minimum absolute atomic E-state index is 0.0228. The monoisotopic (exact) mass is 390 g/mol. The van der Waals surface area contributed by atoms with Gasteiger partial charge < -0.3 is 15.5 Å². The topological polar surface area (TPSA) is 62.6 Å². The van der Waals surface area contributed by atoms with Gasteiger partial charge in [-0.1, -0.05) is 29.8 Å². The molecule has 3 N–H and O–H groups in total. The summed E-state index contributed by atoms with van der Waals surface area (Å²) in [6.07, 6.45) is 1.48. The highest BCUT2D eigenvalue weighted by molar-refractivity contribution is 6.31. The third-order valence-electron chi connectivity index (χ3n) is 4.72. The number of hydrogen-bond acceptors (Lipinski definition) is 2. The SMILES string of the molecule is O=C(C[NH+]1CCC(C(=O)Nc2ccccc2)CC1)Nc1ccc(F)c(Cl)c1. The van der Waals surface area contributed by atoms with Crippen LogP contribution in [0.1, 0.15) is 12.8 Å². The fourth-order valence-electron chi connectivity index (χ4n) is 3.24. The molecule has 3 rings (SSSR count). The van der Waals surface area contributed by atoms with Crippen molar-refractivity contribution >= 4 is 34.8 Å². The summed E-state index contributed by atoms with van der Waals surface area (Å²) in [5.41, 5.74) is 1.28. The van der Waals surface area contributed by atoms with E-state index in [1.54, 1.807) is 0 Å². The molecule has 0 bridgehead atoms. The molecule has 0 atom stereocenters. The van der Waals surface area contributed by atoms with Crippen LogP contribution in [0.25, 0.3) is 0 Å². The summed E-state index contributed by atoms with van der Waals surface area (Å²) >= 11 is 5.72. The van der Waals surface area contributed by atoms with E-state index < -0.39 is 5.82 Å². The largest absolute Gasteiger partial charge is 0.327 e. The molecule has 0 radical (unpaired) electrons. The standard InChI is InChI=1S/C20H21ClFN3O2/c21-17-12-16(6-7-18(17)22)23-19(26)13-25-10-8-14(9-11-25)20(27)24-15-4-2-1-3-5-15/h1-7,12,14H,8-11,13H2,(H,23,26)(H,24,27)/p+1. The Morgan fingerprint density at radius 1 is 1.04 bits per heavy atom. The molecule has 2 amide bonds. The maximum Gasteiger partial charge on any atom is 0.279 e. The number of halogens is 2. The van der Waals surface area contributed by atoms with E-state index in [-0.39, 0.29) is 22.8 Å². The van der Waals surface area contributed by atoms with Crippen molar-refractivity contribution in [2.45, 2.75) is 12.8 Å². The minimum Gasteiger partial charge on any atom is -0.327 e. The zero-order chi connectivity index (χ0) is 19.2. The number of quaternary nitrogens is 1. The fourth-order valence-corrected chi connectivity index (χ4v) is 3.42. The Morgan fingerprint density at radius 3 is 2.41 bits per heavy atom. The lowest BCUT2D eigenvalue weighted by molar-refractivity contribution is -0.897. The first-order valence-electron chi connectivity index (χ1n) is 8.95. The smallest absolute Gasteiger partial charge is 0.279 e. The van der Waals surface area contributed by atoms with E-state index in [0.29, 0.717) is 12.2 Å². The summed E-state index contributed by atoms with van der Waals surface area (Å²) in [5.74, 6) is -0.672.